The van der Waals surface area contributed by atoms with Gasteiger partial charge >= 0.3 is 0 Å². The molecule has 0 atom stereocenters. The summed E-state index contributed by atoms with van der Waals surface area (Å²) in [6.45, 7) is 1.46. The van der Waals surface area contributed by atoms with Gasteiger partial charge in [-0.1, -0.05) is 18.2 Å². The molecule has 90 valence electrons. The molecule has 0 bridgehead atoms. The third-order valence-corrected chi connectivity index (χ3v) is 2.57. The van der Waals surface area contributed by atoms with Gasteiger partial charge in [-0.3, -0.25) is 4.79 Å². The van der Waals surface area contributed by atoms with Gasteiger partial charge in [0.05, 0.1) is 5.69 Å². The summed E-state index contributed by atoms with van der Waals surface area (Å²) in [7, 11) is 0. The van der Waals surface area contributed by atoms with Crippen molar-refractivity contribution in [1.29, 1.82) is 0 Å². The number of nitrogens with one attached hydrogen (secondary N) is 1. The van der Waals surface area contributed by atoms with E-state index in [0.717, 1.165) is 0 Å². The first-order valence-corrected chi connectivity index (χ1v) is 5.59. The molecule has 0 saturated heterocycles. The van der Waals surface area contributed by atoms with Crippen molar-refractivity contribution >= 4 is 11.6 Å². The molecular formula is C14H11NO3. The second kappa shape index (κ2) is 4.07. The van der Waals surface area contributed by atoms with Crippen molar-refractivity contribution in [3.05, 3.63) is 42.5 Å². The average molecular weight is 241 g/mol. The summed E-state index contributed by atoms with van der Waals surface area (Å²) in [5, 5.41) is 2.72. The molecular weight excluding hydrogens is 230 g/mol. The highest BCUT2D eigenvalue weighted by molar-refractivity contribution is 5.91. The normalized spacial score (nSPS) is 11.6. The number of ether oxygens (including phenoxy) is 2. The second-order valence-corrected chi connectivity index (χ2v) is 3.96. The van der Waals surface area contributed by atoms with Crippen LogP contribution in [0.25, 0.3) is 0 Å². The predicted molar refractivity (Wildman–Crippen MR) is 67.3 cm³/mol. The zero-order valence-electron chi connectivity index (χ0n) is 9.77. The fraction of sp³-hybridized carbons (Fsp3) is 0.0714. The summed E-state index contributed by atoms with van der Waals surface area (Å²) >= 11 is 0. The molecule has 18 heavy (non-hydrogen) atoms. The number of carbonyl (C=O) groups is 1. The molecule has 1 aliphatic heterocycles. The largest absolute Gasteiger partial charge is 0.449 e. The number of amides is 1. The molecule has 0 saturated carbocycles. The molecule has 3 rings (SSSR count). The van der Waals surface area contributed by atoms with E-state index in [-0.39, 0.29) is 5.91 Å². The van der Waals surface area contributed by atoms with E-state index < -0.39 is 0 Å². The monoisotopic (exact) mass is 241 g/mol. The van der Waals surface area contributed by atoms with Crippen molar-refractivity contribution in [3.63, 3.8) is 0 Å². The van der Waals surface area contributed by atoms with Crippen LogP contribution in [-0.4, -0.2) is 5.91 Å². The van der Waals surface area contributed by atoms with Crippen LogP contribution >= 0.6 is 0 Å². The van der Waals surface area contributed by atoms with Gasteiger partial charge in [0.25, 0.3) is 0 Å². The number of anilines is 1. The Labute approximate surface area is 104 Å². The first kappa shape index (κ1) is 10.7. The third-order valence-electron chi connectivity index (χ3n) is 2.57. The molecule has 0 spiro atoms. The average Bonchev–Trinajstić information content (AvgIpc) is 2.36. The molecule has 4 nitrogen and oxygen atoms in total. The lowest BCUT2D eigenvalue weighted by atomic mass is 10.2. The van der Waals surface area contributed by atoms with E-state index in [1.165, 1.54) is 6.92 Å². The van der Waals surface area contributed by atoms with Gasteiger partial charge < -0.3 is 14.8 Å². The summed E-state index contributed by atoms with van der Waals surface area (Å²) in [6.07, 6.45) is 0. The molecule has 2 aromatic carbocycles. The van der Waals surface area contributed by atoms with E-state index >= 15 is 0 Å². The lowest BCUT2D eigenvalue weighted by molar-refractivity contribution is -0.114. The number of fused-ring (bicyclic) bond motifs is 2. The van der Waals surface area contributed by atoms with Crippen LogP contribution in [0.1, 0.15) is 6.92 Å². The van der Waals surface area contributed by atoms with E-state index in [4.69, 9.17) is 9.47 Å². The Hall–Kier alpha value is -2.49. The summed E-state index contributed by atoms with van der Waals surface area (Å²) < 4.78 is 11.5. The first-order chi connectivity index (χ1) is 8.74. The van der Waals surface area contributed by atoms with Crippen molar-refractivity contribution in [1.82, 2.24) is 0 Å². The Morgan fingerprint density at radius 1 is 0.944 bits per heavy atom. The van der Waals surface area contributed by atoms with Crippen molar-refractivity contribution in [2.24, 2.45) is 0 Å². The van der Waals surface area contributed by atoms with Crippen LogP contribution in [0.3, 0.4) is 0 Å². The predicted octanol–water partition coefficient (Wildman–Crippen LogP) is 3.54. The van der Waals surface area contributed by atoms with Gasteiger partial charge in [0.15, 0.2) is 23.0 Å². The van der Waals surface area contributed by atoms with Gasteiger partial charge in [-0.25, -0.2) is 0 Å². The number of hydrogen-bond donors (Lipinski definition) is 1. The van der Waals surface area contributed by atoms with Crippen LogP contribution in [0, 0.1) is 0 Å². The van der Waals surface area contributed by atoms with Crippen molar-refractivity contribution in [3.8, 4) is 23.0 Å². The van der Waals surface area contributed by atoms with Crippen LogP contribution < -0.4 is 14.8 Å². The maximum absolute atomic E-state index is 11.1. The molecule has 2 aromatic rings. The van der Waals surface area contributed by atoms with Crippen molar-refractivity contribution < 1.29 is 14.3 Å². The van der Waals surface area contributed by atoms with Crippen LogP contribution in [0.15, 0.2) is 42.5 Å². The fourth-order valence-corrected chi connectivity index (χ4v) is 1.84. The minimum Gasteiger partial charge on any atom is -0.449 e. The van der Waals surface area contributed by atoms with Crippen LogP contribution in [0.2, 0.25) is 0 Å². The Morgan fingerprint density at radius 3 is 2.33 bits per heavy atom. The minimum absolute atomic E-state index is 0.147. The van der Waals surface area contributed by atoms with Gasteiger partial charge in [0.1, 0.15) is 0 Å². The lowest BCUT2D eigenvalue weighted by Gasteiger charge is -2.22. The molecule has 1 aliphatic rings. The van der Waals surface area contributed by atoms with Crippen molar-refractivity contribution in [2.45, 2.75) is 6.92 Å². The summed E-state index contributed by atoms with van der Waals surface area (Å²) in [5.74, 6) is 2.30. The molecule has 4 heteroatoms. The molecule has 1 N–H and O–H groups in total. The fourth-order valence-electron chi connectivity index (χ4n) is 1.84. The highest BCUT2D eigenvalue weighted by Crippen LogP contribution is 2.48. The molecule has 0 unspecified atom stereocenters. The van der Waals surface area contributed by atoms with E-state index in [2.05, 4.69) is 5.32 Å². The quantitative estimate of drug-likeness (QED) is 0.708. The minimum atomic E-state index is -0.147. The third kappa shape index (κ3) is 1.78. The summed E-state index contributed by atoms with van der Waals surface area (Å²) in [6, 6.07) is 12.8. The van der Waals surface area contributed by atoms with Crippen molar-refractivity contribution in [2.75, 3.05) is 5.32 Å². The molecule has 0 aromatic heterocycles. The summed E-state index contributed by atoms with van der Waals surface area (Å²) in [4.78, 5) is 11.1. The summed E-state index contributed by atoms with van der Waals surface area (Å²) in [5.41, 5.74) is 0.606. The Balaban J connectivity index is 2.04. The van der Waals surface area contributed by atoms with Gasteiger partial charge in [0, 0.05) is 6.92 Å². The van der Waals surface area contributed by atoms with Crippen LogP contribution in [0.4, 0.5) is 5.69 Å². The van der Waals surface area contributed by atoms with Gasteiger partial charge in [-0.05, 0) is 24.3 Å². The van der Waals surface area contributed by atoms with E-state index in [1.54, 1.807) is 18.2 Å². The zero-order valence-corrected chi connectivity index (χ0v) is 9.77. The number of carbonyl (C=O) groups excluding carboxylic acids is 1. The Morgan fingerprint density at radius 2 is 1.61 bits per heavy atom. The first-order valence-electron chi connectivity index (χ1n) is 5.59. The van der Waals surface area contributed by atoms with E-state index in [0.29, 0.717) is 28.7 Å². The highest BCUT2D eigenvalue weighted by atomic mass is 16.6. The smallest absolute Gasteiger partial charge is 0.221 e. The number of benzene rings is 2. The molecule has 0 fully saturated rings. The van der Waals surface area contributed by atoms with Gasteiger partial charge in [0.2, 0.25) is 5.91 Å². The van der Waals surface area contributed by atoms with Crippen LogP contribution in [0.5, 0.6) is 23.0 Å². The Kier molecular flexibility index (Phi) is 2.41. The lowest BCUT2D eigenvalue weighted by Crippen LogP contribution is -2.08. The highest BCUT2D eigenvalue weighted by Gasteiger charge is 2.21. The van der Waals surface area contributed by atoms with E-state index in [1.807, 2.05) is 24.3 Å². The zero-order chi connectivity index (χ0) is 12.5. The maximum Gasteiger partial charge on any atom is 0.221 e. The topological polar surface area (TPSA) is 47.6 Å². The van der Waals surface area contributed by atoms with Gasteiger partial charge in [-0.2, -0.15) is 0 Å². The molecule has 1 heterocycles. The van der Waals surface area contributed by atoms with Crippen LogP contribution in [-0.2, 0) is 4.79 Å². The Bertz CT molecular complexity index is 622. The van der Waals surface area contributed by atoms with Gasteiger partial charge in [-0.15, -0.1) is 0 Å². The number of para-hydroxylation sites is 3. The SMILES string of the molecule is CC(=O)Nc1cccc2c1Oc1ccccc1O2. The molecule has 1 amide bonds. The molecule has 0 radical (unpaired) electrons. The maximum atomic E-state index is 11.1. The number of rotatable bonds is 1. The number of hydrogen-bond acceptors (Lipinski definition) is 3. The standard InChI is InChI=1S/C14H11NO3/c1-9(16)15-10-5-4-8-13-14(10)18-12-7-3-2-6-11(12)17-13/h2-8H,1H3,(H,15,16). The van der Waals surface area contributed by atoms with E-state index in [9.17, 15) is 4.79 Å². The second-order valence-electron chi connectivity index (χ2n) is 3.96. The molecule has 0 aliphatic carbocycles.